The molecule has 16 heavy (non-hydrogen) atoms. The summed E-state index contributed by atoms with van der Waals surface area (Å²) in [5.41, 5.74) is 5.91. The second kappa shape index (κ2) is 3.52. The molecule has 0 fully saturated rings. The van der Waals surface area contributed by atoms with Gasteiger partial charge in [0, 0.05) is 30.7 Å². The minimum atomic E-state index is -4.34. The Kier molecular flexibility index (Phi) is 2.42. The first-order valence-electron chi connectivity index (χ1n) is 4.79. The molecule has 0 saturated heterocycles. The van der Waals surface area contributed by atoms with Crippen LogP contribution < -0.4 is 5.73 Å². The van der Waals surface area contributed by atoms with Gasteiger partial charge in [-0.25, -0.2) is 0 Å². The fourth-order valence-corrected chi connectivity index (χ4v) is 1.93. The Balaban J connectivity index is 2.85. The van der Waals surface area contributed by atoms with E-state index in [1.165, 1.54) is 6.07 Å². The van der Waals surface area contributed by atoms with Crippen molar-refractivity contribution in [2.24, 2.45) is 12.8 Å². The van der Waals surface area contributed by atoms with E-state index < -0.39 is 11.7 Å². The molecule has 0 bridgehead atoms. The number of alkyl halides is 3. The topological polar surface area (TPSA) is 30.9 Å². The molecule has 0 aliphatic rings. The first-order valence-corrected chi connectivity index (χ1v) is 4.79. The summed E-state index contributed by atoms with van der Waals surface area (Å²) in [6.07, 6.45) is -2.70. The summed E-state index contributed by atoms with van der Waals surface area (Å²) >= 11 is 0. The maximum atomic E-state index is 12.8. The van der Waals surface area contributed by atoms with E-state index in [0.29, 0.717) is 11.1 Å². The number of nitrogens with zero attached hydrogens (tertiary/aromatic N) is 1. The molecule has 1 heterocycles. The van der Waals surface area contributed by atoms with Crippen molar-refractivity contribution in [2.45, 2.75) is 12.7 Å². The van der Waals surface area contributed by atoms with Crippen molar-refractivity contribution < 1.29 is 13.2 Å². The van der Waals surface area contributed by atoms with Crippen LogP contribution in [0.4, 0.5) is 13.2 Å². The van der Waals surface area contributed by atoms with Gasteiger partial charge in [0.2, 0.25) is 0 Å². The SMILES string of the molecule is Cn1cc(CN)c2c(C(F)(F)F)cccc21. The van der Waals surface area contributed by atoms with Gasteiger partial charge in [-0.05, 0) is 17.7 Å². The molecule has 0 amide bonds. The zero-order valence-electron chi connectivity index (χ0n) is 8.67. The van der Waals surface area contributed by atoms with Crippen molar-refractivity contribution in [1.82, 2.24) is 4.57 Å². The molecule has 2 rings (SSSR count). The van der Waals surface area contributed by atoms with Crippen LogP contribution in [-0.2, 0) is 19.8 Å². The van der Waals surface area contributed by atoms with E-state index in [-0.39, 0.29) is 11.9 Å². The number of hydrogen-bond donors (Lipinski definition) is 1. The molecule has 0 aliphatic carbocycles. The van der Waals surface area contributed by atoms with E-state index in [2.05, 4.69) is 0 Å². The third-order valence-corrected chi connectivity index (χ3v) is 2.62. The zero-order chi connectivity index (χ0) is 11.9. The fourth-order valence-electron chi connectivity index (χ4n) is 1.93. The first-order chi connectivity index (χ1) is 7.45. The van der Waals surface area contributed by atoms with Crippen molar-refractivity contribution >= 4 is 10.9 Å². The Hall–Kier alpha value is -1.49. The number of rotatable bonds is 1. The highest BCUT2D eigenvalue weighted by Gasteiger charge is 2.33. The Bertz CT molecular complexity index is 526. The molecule has 2 aromatic rings. The minimum Gasteiger partial charge on any atom is -0.350 e. The number of hydrogen-bond acceptors (Lipinski definition) is 1. The molecule has 0 saturated carbocycles. The summed E-state index contributed by atoms with van der Waals surface area (Å²) in [4.78, 5) is 0. The highest BCUT2D eigenvalue weighted by atomic mass is 19.4. The van der Waals surface area contributed by atoms with Gasteiger partial charge in [-0.15, -0.1) is 0 Å². The first kappa shape index (κ1) is 11.0. The molecule has 1 aromatic heterocycles. The summed E-state index contributed by atoms with van der Waals surface area (Å²) in [5, 5.41) is 0.208. The number of nitrogens with two attached hydrogens (primary N) is 1. The van der Waals surface area contributed by atoms with Crippen molar-refractivity contribution in [3.8, 4) is 0 Å². The van der Waals surface area contributed by atoms with Gasteiger partial charge in [-0.2, -0.15) is 13.2 Å². The third-order valence-electron chi connectivity index (χ3n) is 2.62. The Morgan fingerprint density at radius 1 is 1.31 bits per heavy atom. The smallest absolute Gasteiger partial charge is 0.350 e. The molecule has 2 N–H and O–H groups in total. The molecule has 0 atom stereocenters. The average molecular weight is 228 g/mol. The number of halogens is 3. The molecule has 0 spiro atoms. The summed E-state index contributed by atoms with van der Waals surface area (Å²) in [6, 6.07) is 4.15. The van der Waals surface area contributed by atoms with Crippen molar-refractivity contribution in [1.29, 1.82) is 0 Å². The number of benzene rings is 1. The van der Waals surface area contributed by atoms with Gasteiger partial charge in [-0.1, -0.05) is 6.07 Å². The van der Waals surface area contributed by atoms with E-state index >= 15 is 0 Å². The van der Waals surface area contributed by atoms with Crippen LogP contribution >= 0.6 is 0 Å². The van der Waals surface area contributed by atoms with Crippen LogP contribution in [0.2, 0.25) is 0 Å². The lowest BCUT2D eigenvalue weighted by Gasteiger charge is -2.09. The van der Waals surface area contributed by atoms with Gasteiger partial charge in [0.25, 0.3) is 0 Å². The molecular formula is C11H11F3N2. The Labute approximate surface area is 90.5 Å². The monoisotopic (exact) mass is 228 g/mol. The molecule has 0 radical (unpaired) electrons. The molecule has 1 aromatic carbocycles. The summed E-state index contributed by atoms with van der Waals surface area (Å²) < 4.78 is 40.0. The van der Waals surface area contributed by atoms with E-state index in [0.717, 1.165) is 6.07 Å². The highest BCUT2D eigenvalue weighted by molar-refractivity contribution is 5.87. The second-order valence-corrected chi connectivity index (χ2v) is 3.67. The normalized spacial score (nSPS) is 12.3. The van der Waals surface area contributed by atoms with Gasteiger partial charge < -0.3 is 10.3 Å². The van der Waals surface area contributed by atoms with Gasteiger partial charge >= 0.3 is 6.18 Å². The average Bonchev–Trinajstić information content (AvgIpc) is 2.54. The van der Waals surface area contributed by atoms with Crippen molar-refractivity contribution in [2.75, 3.05) is 0 Å². The number of aromatic nitrogens is 1. The van der Waals surface area contributed by atoms with E-state index in [1.807, 2.05) is 0 Å². The fraction of sp³-hybridized carbons (Fsp3) is 0.273. The lowest BCUT2D eigenvalue weighted by Crippen LogP contribution is -2.07. The van der Waals surface area contributed by atoms with Crippen LogP contribution in [0, 0.1) is 0 Å². The van der Waals surface area contributed by atoms with Crippen molar-refractivity contribution in [3.63, 3.8) is 0 Å². The number of aryl methyl sites for hydroxylation is 1. The van der Waals surface area contributed by atoms with Crippen LogP contribution in [0.3, 0.4) is 0 Å². The molecule has 86 valence electrons. The lowest BCUT2D eigenvalue weighted by atomic mass is 10.1. The van der Waals surface area contributed by atoms with Crippen molar-refractivity contribution in [3.05, 3.63) is 35.5 Å². The van der Waals surface area contributed by atoms with E-state index in [9.17, 15) is 13.2 Å². The van der Waals surface area contributed by atoms with Crippen LogP contribution in [-0.4, -0.2) is 4.57 Å². The molecule has 0 unspecified atom stereocenters. The summed E-state index contributed by atoms with van der Waals surface area (Å²) in [6.45, 7) is 0.102. The van der Waals surface area contributed by atoms with E-state index in [4.69, 9.17) is 5.73 Å². The van der Waals surface area contributed by atoms with Crippen LogP contribution in [0.5, 0.6) is 0 Å². The Morgan fingerprint density at radius 3 is 2.56 bits per heavy atom. The largest absolute Gasteiger partial charge is 0.417 e. The van der Waals surface area contributed by atoms with Gasteiger partial charge in [0.15, 0.2) is 0 Å². The van der Waals surface area contributed by atoms with Crippen LogP contribution in [0.25, 0.3) is 10.9 Å². The standard InChI is InChI=1S/C11H11F3N2/c1-16-6-7(5-15)10-8(11(12,13)14)3-2-4-9(10)16/h2-4,6H,5,15H2,1H3. The summed E-state index contributed by atoms with van der Waals surface area (Å²) in [5.74, 6) is 0. The lowest BCUT2D eigenvalue weighted by molar-refractivity contribution is -0.136. The quantitative estimate of drug-likeness (QED) is 0.799. The molecule has 0 aliphatic heterocycles. The van der Waals surface area contributed by atoms with Gasteiger partial charge in [0.05, 0.1) is 5.56 Å². The van der Waals surface area contributed by atoms with Crippen LogP contribution in [0.15, 0.2) is 24.4 Å². The predicted molar refractivity (Wildman–Crippen MR) is 55.8 cm³/mol. The molecule has 5 heteroatoms. The van der Waals surface area contributed by atoms with Gasteiger partial charge in [-0.3, -0.25) is 0 Å². The maximum Gasteiger partial charge on any atom is 0.417 e. The predicted octanol–water partition coefficient (Wildman–Crippen LogP) is 2.66. The maximum absolute atomic E-state index is 12.8. The second-order valence-electron chi connectivity index (χ2n) is 3.67. The van der Waals surface area contributed by atoms with E-state index in [1.54, 1.807) is 23.9 Å². The summed E-state index contributed by atoms with van der Waals surface area (Å²) in [7, 11) is 1.71. The van der Waals surface area contributed by atoms with Crippen LogP contribution in [0.1, 0.15) is 11.1 Å². The van der Waals surface area contributed by atoms with Gasteiger partial charge in [0.1, 0.15) is 0 Å². The minimum absolute atomic E-state index is 0.102. The highest BCUT2D eigenvalue weighted by Crippen LogP contribution is 2.36. The number of fused-ring (bicyclic) bond motifs is 1. The molecular weight excluding hydrogens is 217 g/mol. The zero-order valence-corrected chi connectivity index (χ0v) is 8.67. The molecule has 2 nitrogen and oxygen atoms in total. The Morgan fingerprint density at radius 2 is 2.00 bits per heavy atom. The third kappa shape index (κ3) is 1.57.